The fourth-order valence-electron chi connectivity index (χ4n) is 4.37. The van der Waals surface area contributed by atoms with Gasteiger partial charge in [0.25, 0.3) is 0 Å². The average molecular weight is 235 g/mol. The Kier molecular flexibility index (Phi) is 3.25. The Labute approximate surface area is 105 Å². The van der Waals surface area contributed by atoms with E-state index in [1.165, 1.54) is 44.9 Å². The minimum absolute atomic E-state index is 0.524. The molecule has 1 saturated carbocycles. The Bertz CT molecular complexity index is 285. The number of hydrogen-bond donors (Lipinski definition) is 0. The predicted octanol–water partition coefficient (Wildman–Crippen LogP) is 3.15. The van der Waals surface area contributed by atoms with Crippen LogP contribution < -0.4 is 0 Å². The summed E-state index contributed by atoms with van der Waals surface area (Å²) in [5.41, 5.74) is 0. The molecule has 0 aromatic heterocycles. The van der Waals surface area contributed by atoms with Gasteiger partial charge in [0, 0.05) is 31.0 Å². The molecule has 17 heavy (non-hydrogen) atoms. The molecule has 3 rings (SSSR count). The molecule has 2 nitrogen and oxygen atoms in total. The summed E-state index contributed by atoms with van der Waals surface area (Å²) in [7, 11) is 0. The van der Waals surface area contributed by atoms with E-state index in [9.17, 15) is 4.79 Å². The first-order valence-electron chi connectivity index (χ1n) is 7.53. The van der Waals surface area contributed by atoms with E-state index in [1.54, 1.807) is 0 Å². The summed E-state index contributed by atoms with van der Waals surface area (Å²) in [6, 6.07) is 2.02. The molecule has 0 spiro atoms. The summed E-state index contributed by atoms with van der Waals surface area (Å²) in [6.45, 7) is 2.40. The number of piperidine rings is 1. The number of nitrogens with zero attached hydrogens (tertiary/aromatic N) is 1. The van der Waals surface area contributed by atoms with Gasteiger partial charge in [0.05, 0.1) is 0 Å². The van der Waals surface area contributed by atoms with Gasteiger partial charge in [-0.1, -0.05) is 19.8 Å². The highest BCUT2D eigenvalue weighted by Gasteiger charge is 2.43. The lowest BCUT2D eigenvalue weighted by Gasteiger charge is -2.40. The number of ketones is 1. The van der Waals surface area contributed by atoms with Crippen LogP contribution in [-0.2, 0) is 4.79 Å². The molecule has 2 bridgehead atoms. The highest BCUT2D eigenvalue weighted by Crippen LogP contribution is 2.39. The molecular weight excluding hydrogens is 210 g/mol. The molecule has 1 aliphatic carbocycles. The van der Waals surface area contributed by atoms with Crippen molar-refractivity contribution in [3.8, 4) is 0 Å². The van der Waals surface area contributed by atoms with Crippen LogP contribution in [0.25, 0.3) is 0 Å². The number of carbonyl (C=O) groups excluding carboxylic acids is 1. The first-order chi connectivity index (χ1) is 8.24. The molecule has 3 aliphatic rings. The molecule has 0 amide bonds. The minimum atomic E-state index is 0.524. The zero-order chi connectivity index (χ0) is 11.8. The summed E-state index contributed by atoms with van der Waals surface area (Å²) in [5.74, 6) is 1.44. The summed E-state index contributed by atoms with van der Waals surface area (Å²) < 4.78 is 0. The molecular formula is C15H25NO. The Balaban J connectivity index is 1.69. The van der Waals surface area contributed by atoms with Crippen molar-refractivity contribution in [3.05, 3.63) is 0 Å². The van der Waals surface area contributed by atoms with E-state index in [0.29, 0.717) is 17.9 Å². The van der Waals surface area contributed by atoms with Crippen molar-refractivity contribution >= 4 is 5.78 Å². The molecule has 0 radical (unpaired) electrons. The third kappa shape index (κ3) is 2.29. The van der Waals surface area contributed by atoms with Crippen LogP contribution in [0, 0.1) is 5.92 Å². The Morgan fingerprint density at radius 2 is 1.53 bits per heavy atom. The first-order valence-corrected chi connectivity index (χ1v) is 7.53. The van der Waals surface area contributed by atoms with Crippen LogP contribution in [0.2, 0.25) is 0 Å². The van der Waals surface area contributed by atoms with E-state index in [4.69, 9.17) is 0 Å². The SMILES string of the molecule is CC1CCCC(N2C3CCC2CC(=O)C3)CC1. The molecule has 96 valence electrons. The lowest BCUT2D eigenvalue weighted by atomic mass is 9.95. The van der Waals surface area contributed by atoms with Gasteiger partial charge in [-0.2, -0.15) is 0 Å². The lowest BCUT2D eigenvalue weighted by molar-refractivity contribution is -0.124. The number of carbonyl (C=O) groups is 1. The van der Waals surface area contributed by atoms with Gasteiger partial charge in [0.15, 0.2) is 0 Å². The van der Waals surface area contributed by atoms with Crippen molar-refractivity contribution in [1.29, 1.82) is 0 Å². The van der Waals surface area contributed by atoms with Crippen LogP contribution >= 0.6 is 0 Å². The van der Waals surface area contributed by atoms with Crippen LogP contribution in [0.3, 0.4) is 0 Å². The van der Waals surface area contributed by atoms with E-state index < -0.39 is 0 Å². The van der Waals surface area contributed by atoms with Gasteiger partial charge < -0.3 is 0 Å². The van der Waals surface area contributed by atoms with Crippen LogP contribution in [-0.4, -0.2) is 28.8 Å². The Hall–Kier alpha value is -0.370. The van der Waals surface area contributed by atoms with Crippen molar-refractivity contribution in [2.24, 2.45) is 5.92 Å². The van der Waals surface area contributed by atoms with Gasteiger partial charge in [-0.15, -0.1) is 0 Å². The fourth-order valence-corrected chi connectivity index (χ4v) is 4.37. The van der Waals surface area contributed by atoms with Gasteiger partial charge in [0.2, 0.25) is 0 Å². The molecule has 0 aromatic carbocycles. The van der Waals surface area contributed by atoms with E-state index in [-0.39, 0.29) is 0 Å². The Morgan fingerprint density at radius 3 is 2.24 bits per heavy atom. The van der Waals surface area contributed by atoms with E-state index >= 15 is 0 Å². The summed E-state index contributed by atoms with van der Waals surface area (Å²) in [6.07, 6.45) is 11.2. The first kappa shape index (κ1) is 11.7. The second kappa shape index (κ2) is 4.72. The zero-order valence-corrected chi connectivity index (χ0v) is 11.0. The standard InChI is InChI=1S/C15H25NO/c1-11-3-2-4-12(6-5-11)16-13-7-8-14(16)10-15(17)9-13/h11-14H,2-10H2,1H3. The second-order valence-corrected chi connectivity index (χ2v) is 6.55. The van der Waals surface area contributed by atoms with Crippen LogP contribution in [0.15, 0.2) is 0 Å². The van der Waals surface area contributed by atoms with Crippen LogP contribution in [0.4, 0.5) is 0 Å². The lowest BCUT2D eigenvalue weighted by Crippen LogP contribution is -2.48. The highest BCUT2D eigenvalue weighted by molar-refractivity contribution is 5.81. The molecule has 2 saturated heterocycles. The smallest absolute Gasteiger partial charge is 0.136 e. The van der Waals surface area contributed by atoms with Gasteiger partial charge in [0.1, 0.15) is 5.78 Å². The van der Waals surface area contributed by atoms with Gasteiger partial charge >= 0.3 is 0 Å². The number of Topliss-reactive ketones (excluding diaryl/α,β-unsaturated/α-hetero) is 1. The third-order valence-electron chi connectivity index (χ3n) is 5.25. The molecule has 4 atom stereocenters. The quantitative estimate of drug-likeness (QED) is 0.651. The number of hydrogen-bond acceptors (Lipinski definition) is 2. The summed E-state index contributed by atoms with van der Waals surface area (Å²) in [4.78, 5) is 14.4. The monoisotopic (exact) mass is 235 g/mol. The van der Waals surface area contributed by atoms with Gasteiger partial charge in [-0.25, -0.2) is 0 Å². The maximum absolute atomic E-state index is 11.6. The summed E-state index contributed by atoms with van der Waals surface area (Å²) >= 11 is 0. The second-order valence-electron chi connectivity index (χ2n) is 6.55. The van der Waals surface area contributed by atoms with Crippen molar-refractivity contribution in [2.45, 2.75) is 82.8 Å². The molecule has 3 fully saturated rings. The van der Waals surface area contributed by atoms with Crippen molar-refractivity contribution in [2.75, 3.05) is 0 Å². The maximum Gasteiger partial charge on any atom is 0.136 e. The Morgan fingerprint density at radius 1 is 0.882 bits per heavy atom. The van der Waals surface area contributed by atoms with E-state index in [0.717, 1.165) is 24.8 Å². The van der Waals surface area contributed by atoms with Crippen molar-refractivity contribution in [3.63, 3.8) is 0 Å². The maximum atomic E-state index is 11.6. The molecule has 0 N–H and O–H groups in total. The largest absolute Gasteiger partial charge is 0.300 e. The van der Waals surface area contributed by atoms with Crippen molar-refractivity contribution in [1.82, 2.24) is 4.90 Å². The molecule has 2 heterocycles. The average Bonchev–Trinajstić information content (AvgIpc) is 2.50. The number of rotatable bonds is 1. The topological polar surface area (TPSA) is 20.3 Å². The predicted molar refractivity (Wildman–Crippen MR) is 68.9 cm³/mol. The third-order valence-corrected chi connectivity index (χ3v) is 5.25. The molecule has 0 aromatic rings. The summed E-state index contributed by atoms with van der Waals surface area (Å²) in [5, 5.41) is 0. The minimum Gasteiger partial charge on any atom is -0.300 e. The van der Waals surface area contributed by atoms with Gasteiger partial charge in [-0.05, 0) is 38.0 Å². The van der Waals surface area contributed by atoms with E-state index in [1.807, 2.05) is 0 Å². The van der Waals surface area contributed by atoms with Crippen molar-refractivity contribution < 1.29 is 4.79 Å². The fraction of sp³-hybridized carbons (Fsp3) is 0.933. The zero-order valence-electron chi connectivity index (χ0n) is 11.0. The molecule has 2 aliphatic heterocycles. The highest BCUT2D eigenvalue weighted by atomic mass is 16.1. The van der Waals surface area contributed by atoms with Crippen LogP contribution in [0.5, 0.6) is 0 Å². The van der Waals surface area contributed by atoms with E-state index in [2.05, 4.69) is 11.8 Å². The molecule has 4 unspecified atom stereocenters. The normalized spacial score (nSPS) is 43.7. The molecule has 2 heteroatoms. The number of fused-ring (bicyclic) bond motifs is 2. The van der Waals surface area contributed by atoms with Gasteiger partial charge in [-0.3, -0.25) is 9.69 Å². The van der Waals surface area contributed by atoms with Crippen LogP contribution in [0.1, 0.15) is 64.7 Å².